The van der Waals surface area contributed by atoms with Gasteiger partial charge in [0.2, 0.25) is 0 Å². The van der Waals surface area contributed by atoms with Crippen LogP contribution >= 0.6 is 11.6 Å². The molecule has 0 aliphatic rings. The number of hydrogen-bond acceptors (Lipinski definition) is 5. The molecule has 6 nitrogen and oxygen atoms in total. The number of nitrogens with zero attached hydrogens (tertiary/aromatic N) is 2. The van der Waals surface area contributed by atoms with Crippen LogP contribution in [0.3, 0.4) is 0 Å². The van der Waals surface area contributed by atoms with Gasteiger partial charge in [0.05, 0.1) is 4.92 Å². The quantitative estimate of drug-likeness (QED) is 0.513. The molecule has 0 bridgehead atoms. The summed E-state index contributed by atoms with van der Waals surface area (Å²) in [6.45, 7) is 1.54. The van der Waals surface area contributed by atoms with E-state index in [-0.39, 0.29) is 22.9 Å². The van der Waals surface area contributed by atoms with Crippen molar-refractivity contribution in [3.63, 3.8) is 0 Å². The molecule has 2 aromatic rings. The molecule has 0 unspecified atom stereocenters. The number of halogens is 1. The predicted molar refractivity (Wildman–Crippen MR) is 79.9 cm³/mol. The van der Waals surface area contributed by atoms with E-state index in [1.54, 1.807) is 0 Å². The number of phenols is 2. The van der Waals surface area contributed by atoms with Crippen molar-refractivity contribution in [2.75, 3.05) is 0 Å². The number of benzene rings is 2. The molecule has 0 spiro atoms. The first kappa shape index (κ1) is 14.8. The Balaban J connectivity index is 2.45. The van der Waals surface area contributed by atoms with E-state index in [9.17, 15) is 20.3 Å². The number of aryl methyl sites for hydroxylation is 1. The van der Waals surface area contributed by atoms with Gasteiger partial charge >= 0.3 is 0 Å². The number of nitro groups is 1. The van der Waals surface area contributed by atoms with Crippen molar-refractivity contribution in [2.24, 2.45) is 4.99 Å². The smallest absolute Gasteiger partial charge is 0.272 e. The highest BCUT2D eigenvalue weighted by Crippen LogP contribution is 2.34. The molecule has 0 aliphatic heterocycles. The first-order valence-electron chi connectivity index (χ1n) is 5.89. The summed E-state index contributed by atoms with van der Waals surface area (Å²) in [5.41, 5.74) is 0.548. The fourth-order valence-electron chi connectivity index (χ4n) is 1.71. The third-order valence-electron chi connectivity index (χ3n) is 2.81. The molecular weight excluding hydrogens is 296 g/mol. The highest BCUT2D eigenvalue weighted by Gasteiger charge is 2.13. The third-order valence-corrected chi connectivity index (χ3v) is 3.04. The number of phenolic OH excluding ortho intramolecular Hbond substituents is 2. The average molecular weight is 307 g/mol. The van der Waals surface area contributed by atoms with Gasteiger partial charge in [0.1, 0.15) is 17.2 Å². The number of aliphatic imine (C=N–C) groups is 1. The van der Waals surface area contributed by atoms with E-state index in [0.29, 0.717) is 16.1 Å². The first-order chi connectivity index (χ1) is 9.88. The second-order valence-corrected chi connectivity index (χ2v) is 4.79. The number of hydrogen-bond donors (Lipinski definition) is 2. The Morgan fingerprint density at radius 2 is 2.00 bits per heavy atom. The van der Waals surface area contributed by atoms with Crippen LogP contribution < -0.4 is 0 Å². The Morgan fingerprint density at radius 3 is 2.67 bits per heavy atom. The van der Waals surface area contributed by atoms with E-state index in [1.165, 1.54) is 37.4 Å². The SMILES string of the molecule is Cc1cc([N+](=O)[O-])cc(N=Cc2cc(Cl)ccc2O)c1O. The maximum Gasteiger partial charge on any atom is 0.272 e. The van der Waals surface area contributed by atoms with Gasteiger partial charge < -0.3 is 10.2 Å². The van der Waals surface area contributed by atoms with Gasteiger partial charge in [0, 0.05) is 28.9 Å². The predicted octanol–water partition coefficient (Wildman–Crippen LogP) is 3.72. The van der Waals surface area contributed by atoms with E-state index >= 15 is 0 Å². The largest absolute Gasteiger partial charge is 0.507 e. The van der Waals surface area contributed by atoms with Crippen LogP contribution in [0.1, 0.15) is 11.1 Å². The van der Waals surface area contributed by atoms with Gasteiger partial charge in [-0.1, -0.05) is 11.6 Å². The molecule has 21 heavy (non-hydrogen) atoms. The van der Waals surface area contributed by atoms with E-state index < -0.39 is 4.92 Å². The standard InChI is InChI=1S/C14H11ClN2O4/c1-8-4-11(17(20)21)6-12(14(8)19)16-7-9-5-10(15)2-3-13(9)18/h2-7,18-19H,1H3. The summed E-state index contributed by atoms with van der Waals surface area (Å²) in [5.74, 6) is -0.192. The highest BCUT2D eigenvalue weighted by molar-refractivity contribution is 6.30. The van der Waals surface area contributed by atoms with Gasteiger partial charge in [-0.05, 0) is 30.7 Å². The Kier molecular flexibility index (Phi) is 4.09. The van der Waals surface area contributed by atoms with Gasteiger partial charge in [0.25, 0.3) is 5.69 Å². The summed E-state index contributed by atoms with van der Waals surface area (Å²) >= 11 is 5.81. The van der Waals surface area contributed by atoms with Crippen LogP contribution in [0, 0.1) is 17.0 Å². The third kappa shape index (κ3) is 3.29. The monoisotopic (exact) mass is 306 g/mol. The summed E-state index contributed by atoms with van der Waals surface area (Å²) in [6, 6.07) is 6.82. The van der Waals surface area contributed by atoms with Gasteiger partial charge in [-0.3, -0.25) is 15.1 Å². The normalized spacial score (nSPS) is 11.0. The molecule has 0 radical (unpaired) electrons. The second-order valence-electron chi connectivity index (χ2n) is 4.35. The van der Waals surface area contributed by atoms with Crippen molar-refractivity contribution in [3.05, 3.63) is 56.6 Å². The molecular formula is C14H11ClN2O4. The van der Waals surface area contributed by atoms with Gasteiger partial charge in [-0.2, -0.15) is 0 Å². The Hall–Kier alpha value is -2.60. The number of rotatable bonds is 3. The lowest BCUT2D eigenvalue weighted by atomic mass is 10.1. The van der Waals surface area contributed by atoms with Gasteiger partial charge in [0.15, 0.2) is 0 Å². The summed E-state index contributed by atoms with van der Waals surface area (Å²) in [5, 5.41) is 30.8. The first-order valence-corrected chi connectivity index (χ1v) is 6.27. The Labute approximate surface area is 125 Å². The molecule has 0 saturated heterocycles. The highest BCUT2D eigenvalue weighted by atomic mass is 35.5. The minimum Gasteiger partial charge on any atom is -0.507 e. The molecule has 2 N–H and O–H groups in total. The molecule has 0 fully saturated rings. The molecule has 108 valence electrons. The summed E-state index contributed by atoms with van der Waals surface area (Å²) in [6.07, 6.45) is 1.28. The van der Waals surface area contributed by atoms with Crippen LogP contribution in [0.15, 0.2) is 35.3 Å². The number of nitro benzene ring substituents is 1. The number of non-ortho nitro benzene ring substituents is 1. The molecule has 2 aromatic carbocycles. The Bertz CT molecular complexity index is 744. The van der Waals surface area contributed by atoms with Crippen LogP contribution in [0.25, 0.3) is 0 Å². The Morgan fingerprint density at radius 1 is 1.29 bits per heavy atom. The topological polar surface area (TPSA) is 96.0 Å². The van der Waals surface area contributed by atoms with Crippen LogP contribution in [0.2, 0.25) is 5.02 Å². The molecule has 0 aromatic heterocycles. The lowest BCUT2D eigenvalue weighted by molar-refractivity contribution is -0.384. The molecule has 0 saturated carbocycles. The minimum atomic E-state index is -0.567. The van der Waals surface area contributed by atoms with Crippen LogP contribution in [0.5, 0.6) is 11.5 Å². The molecule has 2 rings (SSSR count). The van der Waals surface area contributed by atoms with E-state index in [2.05, 4.69) is 4.99 Å². The van der Waals surface area contributed by atoms with E-state index in [0.717, 1.165) is 6.07 Å². The summed E-state index contributed by atoms with van der Waals surface area (Å²) in [7, 11) is 0. The molecule has 0 atom stereocenters. The fourth-order valence-corrected chi connectivity index (χ4v) is 1.89. The van der Waals surface area contributed by atoms with Crippen molar-refractivity contribution in [2.45, 2.75) is 6.92 Å². The number of aromatic hydroxyl groups is 2. The van der Waals surface area contributed by atoms with Crippen LogP contribution in [0.4, 0.5) is 11.4 Å². The summed E-state index contributed by atoms with van der Waals surface area (Å²) < 4.78 is 0. The van der Waals surface area contributed by atoms with E-state index in [4.69, 9.17) is 11.6 Å². The molecule has 0 aliphatic carbocycles. The lowest BCUT2D eigenvalue weighted by Gasteiger charge is -2.03. The van der Waals surface area contributed by atoms with Gasteiger partial charge in [-0.25, -0.2) is 0 Å². The van der Waals surface area contributed by atoms with Crippen molar-refractivity contribution in [3.8, 4) is 11.5 Å². The van der Waals surface area contributed by atoms with Crippen molar-refractivity contribution < 1.29 is 15.1 Å². The maximum absolute atomic E-state index is 10.8. The average Bonchev–Trinajstić information content (AvgIpc) is 2.43. The molecule has 0 heterocycles. The zero-order valence-electron chi connectivity index (χ0n) is 10.9. The second kappa shape index (κ2) is 5.80. The lowest BCUT2D eigenvalue weighted by Crippen LogP contribution is -1.89. The van der Waals surface area contributed by atoms with Crippen molar-refractivity contribution in [1.82, 2.24) is 0 Å². The van der Waals surface area contributed by atoms with Crippen molar-refractivity contribution in [1.29, 1.82) is 0 Å². The minimum absolute atomic E-state index is 0.0372. The molecule has 7 heteroatoms. The van der Waals surface area contributed by atoms with E-state index in [1.807, 2.05) is 0 Å². The van der Waals surface area contributed by atoms with Gasteiger partial charge in [-0.15, -0.1) is 0 Å². The van der Waals surface area contributed by atoms with Crippen LogP contribution in [-0.4, -0.2) is 21.4 Å². The van der Waals surface area contributed by atoms with Crippen LogP contribution in [-0.2, 0) is 0 Å². The fraction of sp³-hybridized carbons (Fsp3) is 0.0714. The summed E-state index contributed by atoms with van der Waals surface area (Å²) in [4.78, 5) is 14.2. The zero-order valence-corrected chi connectivity index (χ0v) is 11.7. The zero-order chi connectivity index (χ0) is 15.6. The maximum atomic E-state index is 10.8. The van der Waals surface area contributed by atoms with Crippen molar-refractivity contribution >= 4 is 29.2 Å². The molecule has 0 amide bonds.